The zero-order valence-electron chi connectivity index (χ0n) is 19.2. The van der Waals surface area contributed by atoms with E-state index >= 15 is 0 Å². The molecule has 2 amide bonds. The van der Waals surface area contributed by atoms with Gasteiger partial charge in [-0.3, -0.25) is 29.4 Å². The first-order valence-corrected chi connectivity index (χ1v) is 11.5. The van der Waals surface area contributed by atoms with Gasteiger partial charge in [-0.2, -0.15) is 0 Å². The second-order valence-electron chi connectivity index (χ2n) is 9.24. The molecule has 0 spiro atoms. The third kappa shape index (κ3) is 3.01. The number of benzene rings is 2. The number of para-hydroxylation sites is 1. The number of nitro groups is 1. The number of Topliss-reactive ketones (excluding diaryl/α,β-unsaturated/α-hetero) is 1. The van der Waals surface area contributed by atoms with E-state index in [9.17, 15) is 24.5 Å². The number of likely N-dealkylation sites (tertiary alicyclic amines) is 1. The number of allylic oxidation sites excluding steroid dienone is 1. The summed E-state index contributed by atoms with van der Waals surface area (Å²) in [6, 6.07) is 11.5. The molecule has 34 heavy (non-hydrogen) atoms. The van der Waals surface area contributed by atoms with Crippen LogP contribution in [0, 0.1) is 22.0 Å². The molecule has 2 fully saturated rings. The fraction of sp³-hybridized carbons (Fsp3) is 0.346. The molecule has 0 aliphatic carbocycles. The second kappa shape index (κ2) is 7.90. The van der Waals surface area contributed by atoms with E-state index in [4.69, 9.17) is 0 Å². The Labute approximate surface area is 197 Å². The van der Waals surface area contributed by atoms with Crippen molar-refractivity contribution in [3.63, 3.8) is 0 Å². The van der Waals surface area contributed by atoms with Crippen LogP contribution in [0.3, 0.4) is 0 Å². The molecule has 8 nitrogen and oxygen atoms in total. The van der Waals surface area contributed by atoms with Gasteiger partial charge in [-0.15, -0.1) is 0 Å². The fourth-order valence-electron chi connectivity index (χ4n) is 5.68. The Hall–Kier alpha value is -3.81. The first kappa shape index (κ1) is 22.0. The van der Waals surface area contributed by atoms with Gasteiger partial charge in [0.2, 0.25) is 11.8 Å². The average Bonchev–Trinajstić information content (AvgIpc) is 3.31. The third-order valence-electron chi connectivity index (χ3n) is 7.43. The van der Waals surface area contributed by atoms with Crippen molar-refractivity contribution in [3.05, 3.63) is 75.8 Å². The van der Waals surface area contributed by atoms with Crippen molar-refractivity contribution in [3.8, 4) is 0 Å². The number of hydrogen-bond acceptors (Lipinski definition) is 6. The Morgan fingerprint density at radius 3 is 2.50 bits per heavy atom. The van der Waals surface area contributed by atoms with Crippen molar-refractivity contribution >= 4 is 34.5 Å². The van der Waals surface area contributed by atoms with E-state index in [1.165, 1.54) is 29.2 Å². The highest BCUT2D eigenvalue weighted by molar-refractivity contribution is 6.14. The SMILES string of the molecule is CC[C@@H](C)N1C(=O)[C@@H]2[C@@H](C1=O)[C@@H]1C=C(C)c3ccccc3N1[C@@H]2C(=O)c1cccc([N+](=O)[O-])c1. The first-order valence-electron chi connectivity index (χ1n) is 11.5. The van der Waals surface area contributed by atoms with Crippen LogP contribution in [0.1, 0.15) is 43.1 Å². The zero-order valence-corrected chi connectivity index (χ0v) is 19.2. The summed E-state index contributed by atoms with van der Waals surface area (Å²) >= 11 is 0. The summed E-state index contributed by atoms with van der Waals surface area (Å²) < 4.78 is 0. The summed E-state index contributed by atoms with van der Waals surface area (Å²) in [5.74, 6) is -2.52. The average molecular weight is 460 g/mol. The molecule has 174 valence electrons. The van der Waals surface area contributed by atoms with Crippen molar-refractivity contribution in [2.24, 2.45) is 11.8 Å². The van der Waals surface area contributed by atoms with Crippen molar-refractivity contribution in [2.45, 2.75) is 45.3 Å². The Balaban J connectivity index is 1.68. The quantitative estimate of drug-likeness (QED) is 0.291. The van der Waals surface area contributed by atoms with Gasteiger partial charge in [0.05, 0.1) is 22.8 Å². The van der Waals surface area contributed by atoms with Gasteiger partial charge in [-0.1, -0.05) is 43.3 Å². The molecule has 2 aromatic carbocycles. The number of anilines is 1. The largest absolute Gasteiger partial charge is 0.352 e. The van der Waals surface area contributed by atoms with Crippen molar-refractivity contribution < 1.29 is 19.3 Å². The number of ketones is 1. The number of hydrogen-bond donors (Lipinski definition) is 0. The van der Waals surface area contributed by atoms with Gasteiger partial charge in [-0.25, -0.2) is 0 Å². The Morgan fingerprint density at radius 2 is 1.79 bits per heavy atom. The summed E-state index contributed by atoms with van der Waals surface area (Å²) in [7, 11) is 0. The fourth-order valence-corrected chi connectivity index (χ4v) is 5.68. The van der Waals surface area contributed by atoms with Gasteiger partial charge >= 0.3 is 0 Å². The summed E-state index contributed by atoms with van der Waals surface area (Å²) in [6.45, 7) is 5.72. The van der Waals surface area contributed by atoms with E-state index in [0.29, 0.717) is 6.42 Å². The van der Waals surface area contributed by atoms with Gasteiger partial charge in [0.25, 0.3) is 5.69 Å². The number of nitro benzene ring substituents is 1. The Bertz CT molecular complexity index is 1270. The molecular formula is C26H25N3O5. The molecule has 5 rings (SSSR count). The van der Waals surface area contributed by atoms with Gasteiger partial charge < -0.3 is 4.90 Å². The number of fused-ring (bicyclic) bond motifs is 5. The number of rotatable bonds is 5. The van der Waals surface area contributed by atoms with Crippen LogP contribution in [0.5, 0.6) is 0 Å². The van der Waals surface area contributed by atoms with Crippen LogP contribution >= 0.6 is 0 Å². The third-order valence-corrected chi connectivity index (χ3v) is 7.43. The van der Waals surface area contributed by atoms with Crippen molar-refractivity contribution in [2.75, 3.05) is 4.90 Å². The lowest BCUT2D eigenvalue weighted by Crippen LogP contribution is -2.50. The predicted octanol–water partition coefficient (Wildman–Crippen LogP) is 3.85. The molecule has 3 aliphatic rings. The van der Waals surface area contributed by atoms with Gasteiger partial charge in [-0.05, 0) is 31.9 Å². The van der Waals surface area contributed by atoms with E-state index in [-0.39, 0.29) is 29.1 Å². The summed E-state index contributed by atoms with van der Waals surface area (Å²) in [5.41, 5.74) is 2.68. The highest BCUT2D eigenvalue weighted by Gasteiger charge is 2.64. The molecule has 5 atom stereocenters. The molecule has 0 bridgehead atoms. The highest BCUT2D eigenvalue weighted by Crippen LogP contribution is 2.50. The first-order chi connectivity index (χ1) is 16.3. The molecule has 2 aromatic rings. The van der Waals surface area contributed by atoms with Crippen molar-refractivity contribution in [1.82, 2.24) is 4.90 Å². The van der Waals surface area contributed by atoms with E-state index in [2.05, 4.69) is 0 Å². The standard InChI is InChI=1S/C26H25N3O5/c1-4-15(3)27-25(31)21-20-12-14(2)18-10-5-6-11-19(18)28(20)23(22(21)26(27)32)24(30)16-8-7-9-17(13-16)29(33)34/h5-13,15,20-23H,4H2,1-3H3/t15-,20+,21+,22-,23+/m1/s1. The van der Waals surface area contributed by atoms with E-state index in [0.717, 1.165) is 16.8 Å². The summed E-state index contributed by atoms with van der Waals surface area (Å²) in [4.78, 5) is 55.2. The molecule has 3 heterocycles. The minimum absolute atomic E-state index is 0.157. The van der Waals surface area contributed by atoms with Gasteiger partial charge in [0.15, 0.2) is 5.78 Å². The molecule has 8 heteroatoms. The number of imide groups is 1. The van der Waals surface area contributed by atoms with Gasteiger partial charge in [0.1, 0.15) is 6.04 Å². The molecule has 0 saturated carbocycles. The normalized spacial score (nSPS) is 26.0. The minimum atomic E-state index is -0.937. The number of nitrogens with zero attached hydrogens (tertiary/aromatic N) is 3. The van der Waals surface area contributed by atoms with Crippen LogP contribution < -0.4 is 4.90 Å². The van der Waals surface area contributed by atoms with Crippen LogP contribution in [0.4, 0.5) is 11.4 Å². The number of carbonyl (C=O) groups is 3. The van der Waals surface area contributed by atoms with Crippen LogP contribution in [0.2, 0.25) is 0 Å². The summed E-state index contributed by atoms with van der Waals surface area (Å²) in [5, 5.41) is 11.3. The molecule has 0 radical (unpaired) electrons. The maximum Gasteiger partial charge on any atom is 0.270 e. The Kier molecular flexibility index (Phi) is 5.11. The number of carbonyl (C=O) groups excluding carboxylic acids is 3. The van der Waals surface area contributed by atoms with Crippen LogP contribution in [0.15, 0.2) is 54.6 Å². The lowest BCUT2D eigenvalue weighted by molar-refractivity contribution is -0.384. The summed E-state index contributed by atoms with van der Waals surface area (Å²) in [6.07, 6.45) is 2.60. The predicted molar refractivity (Wildman–Crippen MR) is 126 cm³/mol. The van der Waals surface area contributed by atoms with Crippen molar-refractivity contribution in [1.29, 1.82) is 0 Å². The molecular weight excluding hydrogens is 434 g/mol. The number of non-ortho nitro benzene ring substituents is 1. The van der Waals surface area contributed by atoms with E-state index < -0.39 is 34.6 Å². The van der Waals surface area contributed by atoms with Crippen LogP contribution in [-0.4, -0.2) is 45.5 Å². The maximum atomic E-state index is 13.9. The highest BCUT2D eigenvalue weighted by atomic mass is 16.6. The topological polar surface area (TPSA) is 101 Å². The lowest BCUT2D eigenvalue weighted by Gasteiger charge is -2.38. The molecule has 0 aromatic heterocycles. The van der Waals surface area contributed by atoms with Crippen LogP contribution in [-0.2, 0) is 9.59 Å². The smallest absolute Gasteiger partial charge is 0.270 e. The Morgan fingerprint density at radius 1 is 1.09 bits per heavy atom. The lowest BCUT2D eigenvalue weighted by atomic mass is 9.85. The molecule has 0 N–H and O–H groups in total. The molecule has 3 aliphatic heterocycles. The van der Waals surface area contributed by atoms with Crippen LogP contribution in [0.25, 0.3) is 5.57 Å². The number of amides is 2. The zero-order chi connectivity index (χ0) is 24.3. The maximum absolute atomic E-state index is 13.9. The molecule has 0 unspecified atom stereocenters. The minimum Gasteiger partial charge on any atom is -0.352 e. The molecule has 2 saturated heterocycles. The monoisotopic (exact) mass is 459 g/mol. The van der Waals surface area contributed by atoms with Gasteiger partial charge in [0, 0.05) is 35.0 Å². The second-order valence-corrected chi connectivity index (χ2v) is 9.24. The van der Waals surface area contributed by atoms with E-state index in [1.54, 1.807) is 0 Å². The van der Waals surface area contributed by atoms with E-state index in [1.807, 2.05) is 56.0 Å².